The first-order valence-electron chi connectivity index (χ1n) is 10.2. The Morgan fingerprint density at radius 3 is 2.69 bits per heavy atom. The summed E-state index contributed by atoms with van der Waals surface area (Å²) < 4.78 is 8.31. The van der Waals surface area contributed by atoms with E-state index in [0.717, 1.165) is 49.8 Å². The van der Waals surface area contributed by atoms with Crippen molar-refractivity contribution in [3.63, 3.8) is 0 Å². The third-order valence-corrected chi connectivity index (χ3v) is 6.10. The van der Waals surface area contributed by atoms with Gasteiger partial charge in [-0.15, -0.1) is 0 Å². The highest BCUT2D eigenvalue weighted by Gasteiger charge is 2.32. The van der Waals surface area contributed by atoms with Gasteiger partial charge in [-0.1, -0.05) is 38.5 Å². The molecule has 1 aromatic carbocycles. The average molecular weight is 354 g/mol. The van der Waals surface area contributed by atoms with Crippen molar-refractivity contribution in [3.8, 4) is 0 Å². The van der Waals surface area contributed by atoms with Crippen LogP contribution in [-0.2, 0) is 11.3 Å². The maximum atomic E-state index is 13.1. The lowest BCUT2D eigenvalue weighted by molar-refractivity contribution is 0.0113. The zero-order valence-corrected chi connectivity index (χ0v) is 16.0. The van der Waals surface area contributed by atoms with Crippen molar-refractivity contribution in [1.29, 1.82) is 0 Å². The van der Waals surface area contributed by atoms with Gasteiger partial charge in [0.25, 0.3) is 0 Å². The van der Waals surface area contributed by atoms with E-state index in [2.05, 4.69) is 41.5 Å². The highest BCUT2D eigenvalue weighted by molar-refractivity contribution is 6.06. The van der Waals surface area contributed by atoms with Crippen LogP contribution in [0.4, 0.5) is 0 Å². The van der Waals surface area contributed by atoms with E-state index in [-0.39, 0.29) is 12.1 Å². The molecule has 1 saturated heterocycles. The van der Waals surface area contributed by atoms with Crippen LogP contribution in [0.3, 0.4) is 0 Å². The highest BCUT2D eigenvalue weighted by Crippen LogP contribution is 2.38. The molecule has 2 aliphatic heterocycles. The summed E-state index contributed by atoms with van der Waals surface area (Å²) in [6.07, 6.45) is 5.57. The van der Waals surface area contributed by atoms with Gasteiger partial charge in [0.1, 0.15) is 6.10 Å². The van der Waals surface area contributed by atoms with Gasteiger partial charge < -0.3 is 14.2 Å². The van der Waals surface area contributed by atoms with Crippen molar-refractivity contribution in [3.05, 3.63) is 35.5 Å². The second-order valence-electron chi connectivity index (χ2n) is 7.92. The number of ether oxygens (including phenoxy) is 1. The summed E-state index contributed by atoms with van der Waals surface area (Å²) in [5.74, 6) is 0.302. The summed E-state index contributed by atoms with van der Waals surface area (Å²) >= 11 is 0. The lowest BCUT2D eigenvalue weighted by Crippen LogP contribution is -2.38. The molecule has 1 atom stereocenters. The monoisotopic (exact) mass is 354 g/mol. The Morgan fingerprint density at radius 2 is 1.92 bits per heavy atom. The Morgan fingerprint density at radius 1 is 1.15 bits per heavy atom. The van der Waals surface area contributed by atoms with Crippen LogP contribution in [0.2, 0.25) is 0 Å². The average Bonchev–Trinajstić information content (AvgIpc) is 3.19. The molecule has 1 aromatic heterocycles. The Labute approximate surface area is 156 Å². The third kappa shape index (κ3) is 3.16. The van der Waals surface area contributed by atoms with Crippen molar-refractivity contribution < 1.29 is 9.53 Å². The van der Waals surface area contributed by atoms with Gasteiger partial charge in [-0.05, 0) is 44.2 Å². The molecule has 2 aliphatic rings. The number of nitrogens with zero attached hydrogens (tertiary/aromatic N) is 2. The maximum absolute atomic E-state index is 13.1. The molecule has 140 valence electrons. The number of aromatic nitrogens is 1. The Balaban J connectivity index is 1.50. The fourth-order valence-corrected chi connectivity index (χ4v) is 4.59. The van der Waals surface area contributed by atoms with Crippen LogP contribution in [0.25, 0.3) is 10.9 Å². The molecule has 0 amide bonds. The first kappa shape index (κ1) is 17.6. The minimum atomic E-state index is -0.115. The van der Waals surface area contributed by atoms with Crippen molar-refractivity contribution in [1.82, 2.24) is 9.47 Å². The molecule has 1 unspecified atom stereocenters. The second-order valence-corrected chi connectivity index (χ2v) is 7.92. The fraction of sp³-hybridized carbons (Fsp3) is 0.591. The number of hydrogen-bond acceptors (Lipinski definition) is 3. The largest absolute Gasteiger partial charge is 0.459 e. The molecule has 0 radical (unpaired) electrons. The number of hydrogen-bond donors (Lipinski definition) is 0. The number of aryl methyl sites for hydroxylation is 1. The Hall–Kier alpha value is -1.81. The van der Waals surface area contributed by atoms with Crippen molar-refractivity contribution >= 4 is 16.9 Å². The molecule has 4 rings (SSSR count). The number of benzene rings is 1. The smallest absolute Gasteiger partial charge is 0.340 e. The van der Waals surface area contributed by atoms with E-state index in [1.165, 1.54) is 30.6 Å². The van der Waals surface area contributed by atoms with Crippen LogP contribution in [-0.4, -0.2) is 41.2 Å². The Kier molecular flexibility index (Phi) is 5.03. The number of carbonyl (C=O) groups excluding carboxylic acids is 1. The number of fused-ring (bicyclic) bond motifs is 3. The van der Waals surface area contributed by atoms with E-state index < -0.39 is 0 Å². The molecule has 4 heteroatoms. The zero-order valence-electron chi connectivity index (χ0n) is 16.0. The lowest BCUT2D eigenvalue weighted by Gasteiger charge is -2.31. The minimum Gasteiger partial charge on any atom is -0.459 e. The van der Waals surface area contributed by atoms with E-state index in [9.17, 15) is 4.79 Å². The van der Waals surface area contributed by atoms with E-state index >= 15 is 0 Å². The topological polar surface area (TPSA) is 34.5 Å². The van der Waals surface area contributed by atoms with Crippen molar-refractivity contribution in [2.45, 2.75) is 64.5 Å². The minimum absolute atomic E-state index is 0.0615. The highest BCUT2D eigenvalue weighted by atomic mass is 16.5. The van der Waals surface area contributed by atoms with Crippen LogP contribution >= 0.6 is 0 Å². The predicted molar refractivity (Wildman–Crippen MR) is 105 cm³/mol. The quantitative estimate of drug-likeness (QED) is 0.738. The summed E-state index contributed by atoms with van der Waals surface area (Å²) in [5, 5.41) is 1.06. The van der Waals surface area contributed by atoms with Crippen LogP contribution in [0.1, 0.15) is 67.9 Å². The van der Waals surface area contributed by atoms with Gasteiger partial charge >= 0.3 is 5.97 Å². The van der Waals surface area contributed by atoms with Crippen molar-refractivity contribution in [2.75, 3.05) is 19.6 Å². The van der Waals surface area contributed by atoms with E-state index in [1.807, 2.05) is 6.07 Å². The van der Waals surface area contributed by atoms with E-state index in [0.29, 0.717) is 5.92 Å². The number of rotatable bonds is 5. The first-order chi connectivity index (χ1) is 12.7. The second kappa shape index (κ2) is 7.43. The van der Waals surface area contributed by atoms with Crippen LogP contribution < -0.4 is 0 Å². The number of carbonyl (C=O) groups is 1. The number of unbranched alkanes of at least 4 members (excludes halogenated alkanes) is 1. The predicted octanol–water partition coefficient (Wildman–Crippen LogP) is 4.57. The number of likely N-dealkylation sites (tertiary alicyclic amines) is 1. The summed E-state index contributed by atoms with van der Waals surface area (Å²) in [5.41, 5.74) is 3.17. The van der Waals surface area contributed by atoms with E-state index in [4.69, 9.17) is 4.74 Å². The summed E-state index contributed by atoms with van der Waals surface area (Å²) in [7, 11) is 0. The van der Waals surface area contributed by atoms with Gasteiger partial charge in [0.05, 0.1) is 5.56 Å². The molecule has 0 spiro atoms. The number of esters is 1. The lowest BCUT2D eigenvalue weighted by atomic mass is 10.0. The maximum Gasteiger partial charge on any atom is 0.340 e. The summed E-state index contributed by atoms with van der Waals surface area (Å²) in [4.78, 5) is 15.6. The SMILES string of the molecule is CCCCN1CCC(OC(=O)c2c3n(c4ccccc24)CCC3C)CC1. The number of para-hydroxylation sites is 1. The molecular formula is C22H30N2O2. The van der Waals surface area contributed by atoms with Gasteiger partial charge in [-0.25, -0.2) is 4.79 Å². The molecule has 0 aliphatic carbocycles. The van der Waals surface area contributed by atoms with Crippen LogP contribution in [0, 0.1) is 0 Å². The zero-order chi connectivity index (χ0) is 18.1. The molecule has 0 N–H and O–H groups in total. The molecule has 0 saturated carbocycles. The molecule has 0 bridgehead atoms. The summed E-state index contributed by atoms with van der Waals surface area (Å²) in [6.45, 7) is 8.72. The van der Waals surface area contributed by atoms with Gasteiger partial charge in [0.15, 0.2) is 0 Å². The van der Waals surface area contributed by atoms with Gasteiger partial charge in [-0.2, -0.15) is 0 Å². The van der Waals surface area contributed by atoms with Gasteiger partial charge in [0.2, 0.25) is 0 Å². The first-order valence-corrected chi connectivity index (χ1v) is 10.2. The number of piperidine rings is 1. The summed E-state index contributed by atoms with van der Waals surface area (Å²) in [6, 6.07) is 8.27. The van der Waals surface area contributed by atoms with E-state index in [1.54, 1.807) is 0 Å². The molecular weight excluding hydrogens is 324 g/mol. The van der Waals surface area contributed by atoms with Gasteiger partial charge in [0, 0.05) is 36.2 Å². The van der Waals surface area contributed by atoms with Gasteiger partial charge in [-0.3, -0.25) is 0 Å². The molecule has 2 aromatic rings. The molecule has 26 heavy (non-hydrogen) atoms. The third-order valence-electron chi connectivity index (χ3n) is 6.10. The molecule has 1 fully saturated rings. The normalized spacial score (nSPS) is 21.2. The van der Waals surface area contributed by atoms with Crippen LogP contribution in [0.15, 0.2) is 24.3 Å². The Bertz CT molecular complexity index is 787. The molecule has 3 heterocycles. The fourth-order valence-electron chi connectivity index (χ4n) is 4.59. The van der Waals surface area contributed by atoms with Crippen molar-refractivity contribution in [2.24, 2.45) is 0 Å². The van der Waals surface area contributed by atoms with Crippen LogP contribution in [0.5, 0.6) is 0 Å². The molecule has 4 nitrogen and oxygen atoms in total. The standard InChI is InChI=1S/C22H30N2O2/c1-3-4-12-23-13-10-17(11-14-23)26-22(25)20-18-7-5-6-8-19(18)24-15-9-16(2)21(20)24/h5-8,16-17H,3-4,9-15H2,1-2H3.